The molecule has 0 unspecified atom stereocenters. The Labute approximate surface area is 318 Å². The van der Waals surface area contributed by atoms with Crippen LogP contribution in [0.3, 0.4) is 0 Å². The van der Waals surface area contributed by atoms with Gasteiger partial charge in [0.05, 0.1) is 22.3 Å². The second kappa shape index (κ2) is 11.5. The van der Waals surface area contributed by atoms with Gasteiger partial charge in [0.15, 0.2) is 0 Å². The summed E-state index contributed by atoms with van der Waals surface area (Å²) in [4.78, 5) is 5.17. The molecule has 1 N–H and O–H groups in total. The molecule has 4 nitrogen and oxygen atoms in total. The Balaban J connectivity index is 1.15. The van der Waals surface area contributed by atoms with Crippen LogP contribution in [0.25, 0.3) is 96.0 Å². The van der Waals surface area contributed by atoms with Crippen molar-refractivity contribution >= 4 is 125 Å². The van der Waals surface area contributed by atoms with E-state index in [2.05, 4.69) is 138 Å². The number of hydrogen-bond acceptors (Lipinski definition) is 4. The van der Waals surface area contributed by atoms with Crippen molar-refractivity contribution in [3.05, 3.63) is 175 Å². The van der Waals surface area contributed by atoms with Crippen LogP contribution < -0.4 is 0 Å². The summed E-state index contributed by atoms with van der Waals surface area (Å²) in [5.74, 6) is 0.413. The van der Waals surface area contributed by atoms with Crippen LogP contribution in [0.2, 0.25) is 0 Å². The molecular weight excluding hydrogens is 691 g/mol. The molecule has 12 aromatic rings. The first-order valence-corrected chi connectivity index (χ1v) is 19.3. The van der Waals surface area contributed by atoms with E-state index >= 15 is 0 Å². The lowest BCUT2D eigenvalue weighted by Crippen LogP contribution is -2.02. The third-order valence-electron chi connectivity index (χ3n) is 11.4. The molecule has 3 heterocycles. The lowest BCUT2D eigenvalue weighted by atomic mass is 9.91. The molecule has 0 amide bonds. The Kier molecular flexibility index (Phi) is 6.33. The molecule has 9 aromatic carbocycles. The first kappa shape index (κ1) is 30.4. The van der Waals surface area contributed by atoms with Gasteiger partial charge in [-0.2, -0.15) is 0 Å². The fraction of sp³-hybridized carbons (Fsp3) is 0. The first-order valence-electron chi connectivity index (χ1n) is 18.5. The standard InChI is InChI=1S/C50H29N3OS/c51-49(38-20-11-23-43-44(38)37-19-8-10-22-42(37)55-43)47-36-18-7-9-21-41(36)54-50(47)52-28-53-39-26-24-29-12-1-2-13-30(29)46(39)48-40(53)27-25-35-33-16-4-3-14-31(33)32-15-5-6-17-34(32)45(35)48/h1-28,51H/b51-49?,52-28+. The zero-order valence-electron chi connectivity index (χ0n) is 29.4. The maximum Gasteiger partial charge on any atom is 0.230 e. The molecule has 12 rings (SSSR count). The van der Waals surface area contributed by atoms with Crippen molar-refractivity contribution in [1.29, 1.82) is 5.41 Å². The van der Waals surface area contributed by atoms with Gasteiger partial charge >= 0.3 is 0 Å². The van der Waals surface area contributed by atoms with Gasteiger partial charge in [-0.25, -0.2) is 4.99 Å². The van der Waals surface area contributed by atoms with Crippen LogP contribution in [0.5, 0.6) is 0 Å². The molecule has 0 saturated heterocycles. The number of furan rings is 1. The number of nitrogens with zero attached hydrogens (tertiary/aromatic N) is 2. The van der Waals surface area contributed by atoms with E-state index in [-0.39, 0.29) is 0 Å². The van der Waals surface area contributed by atoms with E-state index in [1.807, 2.05) is 36.7 Å². The van der Waals surface area contributed by atoms with Crippen molar-refractivity contribution in [1.82, 2.24) is 4.57 Å². The van der Waals surface area contributed by atoms with Crippen LogP contribution in [0, 0.1) is 5.41 Å². The van der Waals surface area contributed by atoms with Gasteiger partial charge in [0.1, 0.15) is 11.9 Å². The van der Waals surface area contributed by atoms with Crippen LogP contribution in [-0.2, 0) is 0 Å². The highest BCUT2D eigenvalue weighted by molar-refractivity contribution is 7.25. The molecule has 0 atom stereocenters. The third kappa shape index (κ3) is 4.27. The van der Waals surface area contributed by atoms with Crippen molar-refractivity contribution in [2.24, 2.45) is 4.99 Å². The molecule has 0 saturated carbocycles. The minimum absolute atomic E-state index is 0.392. The van der Waals surface area contributed by atoms with E-state index in [9.17, 15) is 5.41 Å². The van der Waals surface area contributed by atoms with Crippen molar-refractivity contribution in [2.75, 3.05) is 0 Å². The summed E-state index contributed by atoms with van der Waals surface area (Å²) in [6, 6.07) is 57.7. The number of nitrogens with one attached hydrogen (secondary N) is 1. The first-order chi connectivity index (χ1) is 27.2. The lowest BCUT2D eigenvalue weighted by molar-refractivity contribution is 0.625. The minimum atomic E-state index is 0.392. The lowest BCUT2D eigenvalue weighted by Gasteiger charge is -2.12. The molecule has 0 aliphatic rings. The van der Waals surface area contributed by atoms with Gasteiger partial charge in [-0.15, -0.1) is 11.3 Å². The van der Waals surface area contributed by atoms with Gasteiger partial charge in [-0.3, -0.25) is 9.98 Å². The van der Waals surface area contributed by atoms with E-state index in [0.717, 1.165) is 37.5 Å². The predicted molar refractivity (Wildman–Crippen MR) is 234 cm³/mol. The monoisotopic (exact) mass is 719 g/mol. The van der Waals surface area contributed by atoms with Crippen molar-refractivity contribution in [3.63, 3.8) is 0 Å². The van der Waals surface area contributed by atoms with E-state index in [1.54, 1.807) is 11.3 Å². The summed E-state index contributed by atoms with van der Waals surface area (Å²) in [7, 11) is 0. The maximum absolute atomic E-state index is 9.81. The molecule has 0 aliphatic carbocycles. The van der Waals surface area contributed by atoms with Gasteiger partial charge in [-0.05, 0) is 68.0 Å². The fourth-order valence-electron chi connectivity index (χ4n) is 9.01. The van der Waals surface area contributed by atoms with E-state index in [1.165, 1.54) is 58.6 Å². The quantitative estimate of drug-likeness (QED) is 0.110. The number of thiophene rings is 1. The Hall–Kier alpha value is -7.08. The molecule has 0 bridgehead atoms. The zero-order chi connectivity index (χ0) is 36.2. The average molecular weight is 720 g/mol. The summed E-state index contributed by atoms with van der Waals surface area (Å²) >= 11 is 1.76. The van der Waals surface area contributed by atoms with Crippen LogP contribution in [-0.4, -0.2) is 16.6 Å². The van der Waals surface area contributed by atoms with Crippen LogP contribution in [0.15, 0.2) is 173 Å². The molecule has 0 spiro atoms. The second-order valence-electron chi connectivity index (χ2n) is 14.2. The van der Waals surface area contributed by atoms with Crippen LogP contribution in [0.1, 0.15) is 11.1 Å². The van der Waals surface area contributed by atoms with Crippen molar-refractivity contribution in [2.45, 2.75) is 0 Å². The Bertz CT molecular complexity index is 3600. The number of benzene rings is 9. The zero-order valence-corrected chi connectivity index (χ0v) is 30.2. The normalized spacial score (nSPS) is 12.4. The molecule has 5 heteroatoms. The summed E-state index contributed by atoms with van der Waals surface area (Å²) in [5, 5.41) is 25.2. The largest absolute Gasteiger partial charge is 0.438 e. The molecular formula is C50H29N3OS. The minimum Gasteiger partial charge on any atom is -0.438 e. The van der Waals surface area contributed by atoms with Crippen LogP contribution >= 0.6 is 11.3 Å². The average Bonchev–Trinajstić information content (AvgIpc) is 3.92. The highest BCUT2D eigenvalue weighted by Crippen LogP contribution is 2.45. The number of fused-ring (bicyclic) bond motifs is 16. The van der Waals surface area contributed by atoms with E-state index in [4.69, 9.17) is 9.41 Å². The topological polar surface area (TPSA) is 54.3 Å². The molecule has 0 radical (unpaired) electrons. The molecule has 256 valence electrons. The predicted octanol–water partition coefficient (Wildman–Crippen LogP) is 14.1. The molecule has 55 heavy (non-hydrogen) atoms. The number of hydrogen-bond donors (Lipinski definition) is 1. The number of aromatic nitrogens is 1. The van der Waals surface area contributed by atoms with Gasteiger partial charge in [0, 0.05) is 47.3 Å². The van der Waals surface area contributed by atoms with Crippen molar-refractivity contribution in [3.8, 4) is 0 Å². The fourth-order valence-corrected chi connectivity index (χ4v) is 10.1. The van der Waals surface area contributed by atoms with Crippen molar-refractivity contribution < 1.29 is 4.42 Å². The summed E-state index contributed by atoms with van der Waals surface area (Å²) in [6.07, 6.45) is 1.89. The highest BCUT2D eigenvalue weighted by Gasteiger charge is 2.23. The van der Waals surface area contributed by atoms with E-state index in [0.29, 0.717) is 22.7 Å². The van der Waals surface area contributed by atoms with Gasteiger partial charge in [0.25, 0.3) is 0 Å². The molecule has 0 aliphatic heterocycles. The molecule has 0 fully saturated rings. The second-order valence-corrected chi connectivity index (χ2v) is 15.3. The Morgan fingerprint density at radius 3 is 1.91 bits per heavy atom. The summed E-state index contributed by atoms with van der Waals surface area (Å²) in [5.41, 5.74) is 4.77. The number of rotatable bonds is 4. The Morgan fingerprint density at radius 2 is 1.09 bits per heavy atom. The van der Waals surface area contributed by atoms with Gasteiger partial charge < -0.3 is 4.42 Å². The van der Waals surface area contributed by atoms with Gasteiger partial charge in [0.2, 0.25) is 5.88 Å². The highest BCUT2D eigenvalue weighted by atomic mass is 32.1. The molecule has 3 aromatic heterocycles. The number of para-hydroxylation sites is 1. The SMILES string of the molecule is N=C(c1c(/N=C/n2c3ccc4ccccc4c3c3c4c5ccccc5c5ccccc5c4ccc32)oc2ccccc12)c1cccc2sc3ccccc3c12. The Morgan fingerprint density at radius 1 is 0.491 bits per heavy atom. The number of aliphatic imine (C=N–C) groups is 1. The smallest absolute Gasteiger partial charge is 0.230 e. The summed E-state index contributed by atoms with van der Waals surface area (Å²) in [6.45, 7) is 0. The third-order valence-corrected chi connectivity index (χ3v) is 12.5. The van der Waals surface area contributed by atoms with Crippen LogP contribution in [0.4, 0.5) is 5.88 Å². The van der Waals surface area contributed by atoms with E-state index < -0.39 is 0 Å². The maximum atomic E-state index is 9.81. The summed E-state index contributed by atoms with van der Waals surface area (Å²) < 4.78 is 11.1. The van der Waals surface area contributed by atoms with Gasteiger partial charge in [-0.1, -0.05) is 133 Å².